The van der Waals surface area contributed by atoms with E-state index < -0.39 is 16.7 Å². The molecule has 1 aromatic rings. The molecule has 0 aromatic carbocycles. The first-order valence-corrected chi connectivity index (χ1v) is 6.16. The second kappa shape index (κ2) is 3.48. The van der Waals surface area contributed by atoms with Gasteiger partial charge in [0, 0.05) is 21.3 Å². The van der Waals surface area contributed by atoms with Gasteiger partial charge in [-0.3, -0.25) is 4.21 Å². The smallest absolute Gasteiger partial charge is 0.255 e. The van der Waals surface area contributed by atoms with Crippen LogP contribution < -0.4 is 14.9 Å². The van der Waals surface area contributed by atoms with Gasteiger partial charge in [0.25, 0.3) is 6.20 Å². The van der Waals surface area contributed by atoms with Gasteiger partial charge in [-0.15, -0.1) is 5.01 Å². The summed E-state index contributed by atoms with van der Waals surface area (Å²) in [6.45, 7) is 4.54. The lowest BCUT2D eigenvalue weighted by Gasteiger charge is -2.35. The summed E-state index contributed by atoms with van der Waals surface area (Å²) in [4.78, 5) is 1.40. The lowest BCUT2D eigenvalue weighted by atomic mass is 10.1. The van der Waals surface area contributed by atoms with E-state index in [9.17, 15) is 9.32 Å². The SMILES string of the molecule is CC1(C)CS(=O)CCN1[n+]1cc([O-])on1. The first-order valence-electron chi connectivity index (χ1n) is 4.68. The summed E-state index contributed by atoms with van der Waals surface area (Å²) >= 11 is 0. The maximum atomic E-state index is 11.4. The van der Waals surface area contributed by atoms with Crippen LogP contribution in [0.5, 0.6) is 5.95 Å². The van der Waals surface area contributed by atoms with Crippen LogP contribution in [0.3, 0.4) is 0 Å². The molecule has 0 saturated carbocycles. The maximum absolute atomic E-state index is 11.4. The van der Waals surface area contributed by atoms with E-state index in [1.807, 2.05) is 18.9 Å². The van der Waals surface area contributed by atoms with E-state index in [2.05, 4.69) is 9.79 Å². The van der Waals surface area contributed by atoms with Crippen LogP contribution in [0.2, 0.25) is 0 Å². The molecule has 1 fully saturated rings. The Morgan fingerprint density at radius 3 is 3.00 bits per heavy atom. The van der Waals surface area contributed by atoms with Crippen LogP contribution >= 0.6 is 0 Å². The first kappa shape index (κ1) is 10.4. The Labute approximate surface area is 89.9 Å². The fourth-order valence-electron chi connectivity index (χ4n) is 1.75. The van der Waals surface area contributed by atoms with Crippen molar-refractivity contribution in [1.82, 2.24) is 5.27 Å². The Kier molecular flexibility index (Phi) is 2.41. The normalized spacial score (nSPS) is 25.5. The second-order valence-corrected chi connectivity index (χ2v) is 5.74. The van der Waals surface area contributed by atoms with Gasteiger partial charge < -0.3 is 9.63 Å². The van der Waals surface area contributed by atoms with E-state index in [-0.39, 0.29) is 5.54 Å². The van der Waals surface area contributed by atoms with Crippen LogP contribution in [0.1, 0.15) is 13.8 Å². The first-order chi connectivity index (χ1) is 6.99. The Balaban J connectivity index is 2.25. The highest BCUT2D eigenvalue weighted by Crippen LogP contribution is 2.16. The Morgan fingerprint density at radius 1 is 1.73 bits per heavy atom. The average molecular weight is 231 g/mol. The molecule has 15 heavy (non-hydrogen) atoms. The number of hydrogen-bond donors (Lipinski definition) is 0. The largest absolute Gasteiger partial charge is 0.539 e. The fourth-order valence-corrected chi connectivity index (χ4v) is 3.21. The average Bonchev–Trinajstić information content (AvgIpc) is 2.49. The van der Waals surface area contributed by atoms with Crippen molar-refractivity contribution in [2.75, 3.05) is 23.1 Å². The molecule has 7 heteroatoms. The van der Waals surface area contributed by atoms with E-state index in [1.54, 1.807) is 0 Å². The predicted molar refractivity (Wildman–Crippen MR) is 51.2 cm³/mol. The van der Waals surface area contributed by atoms with Crippen molar-refractivity contribution >= 4 is 10.8 Å². The van der Waals surface area contributed by atoms with Crippen LogP contribution in [-0.4, -0.2) is 33.1 Å². The van der Waals surface area contributed by atoms with E-state index in [4.69, 9.17) is 0 Å². The maximum Gasteiger partial charge on any atom is 0.255 e. The summed E-state index contributed by atoms with van der Waals surface area (Å²) in [5.74, 6) is 0.691. The highest BCUT2D eigenvalue weighted by molar-refractivity contribution is 7.85. The zero-order valence-corrected chi connectivity index (χ0v) is 9.49. The third-order valence-corrected chi connectivity index (χ3v) is 4.09. The number of nitrogens with zero attached hydrogens (tertiary/aromatic N) is 3. The molecule has 84 valence electrons. The van der Waals surface area contributed by atoms with Gasteiger partial charge in [0.05, 0.1) is 12.3 Å². The van der Waals surface area contributed by atoms with Crippen molar-refractivity contribution in [1.29, 1.82) is 0 Å². The zero-order valence-electron chi connectivity index (χ0n) is 8.67. The molecule has 1 unspecified atom stereocenters. The molecule has 2 rings (SSSR count). The summed E-state index contributed by atoms with van der Waals surface area (Å²) in [5.41, 5.74) is -0.281. The molecule has 0 N–H and O–H groups in total. The molecule has 0 bridgehead atoms. The molecular weight excluding hydrogens is 218 g/mol. The van der Waals surface area contributed by atoms with Crippen molar-refractivity contribution in [3.63, 3.8) is 0 Å². The minimum absolute atomic E-state index is 0.281. The molecule has 6 nitrogen and oxygen atoms in total. The molecule has 1 saturated heterocycles. The van der Waals surface area contributed by atoms with Crippen molar-refractivity contribution in [3.05, 3.63) is 6.20 Å². The van der Waals surface area contributed by atoms with Gasteiger partial charge in [0.2, 0.25) is 0 Å². The van der Waals surface area contributed by atoms with Gasteiger partial charge >= 0.3 is 0 Å². The molecule has 0 aliphatic carbocycles. The molecule has 0 amide bonds. The Morgan fingerprint density at radius 2 is 2.47 bits per heavy atom. The van der Waals surface area contributed by atoms with Crippen molar-refractivity contribution in [2.45, 2.75) is 19.4 Å². The summed E-state index contributed by atoms with van der Waals surface area (Å²) in [6.07, 6.45) is 1.29. The van der Waals surface area contributed by atoms with Crippen molar-refractivity contribution < 1.29 is 18.6 Å². The molecule has 1 aliphatic rings. The highest BCUT2D eigenvalue weighted by atomic mass is 32.2. The lowest BCUT2D eigenvalue weighted by Crippen LogP contribution is -2.72. The molecule has 1 atom stereocenters. The summed E-state index contributed by atoms with van der Waals surface area (Å²) < 4.78 is 15.9. The summed E-state index contributed by atoms with van der Waals surface area (Å²) in [5, 5.41) is 16.4. The van der Waals surface area contributed by atoms with Gasteiger partial charge in [-0.2, -0.15) is 0 Å². The molecule has 0 spiro atoms. The van der Waals surface area contributed by atoms with E-state index in [0.29, 0.717) is 18.1 Å². The third kappa shape index (κ3) is 1.97. The van der Waals surface area contributed by atoms with Crippen molar-refractivity contribution in [3.8, 4) is 5.95 Å². The van der Waals surface area contributed by atoms with Crippen LogP contribution in [0.4, 0.5) is 0 Å². The Bertz CT molecular complexity index is 390. The summed E-state index contributed by atoms with van der Waals surface area (Å²) in [6, 6.07) is 0. The summed E-state index contributed by atoms with van der Waals surface area (Å²) in [7, 11) is -0.789. The predicted octanol–water partition coefficient (Wildman–Crippen LogP) is -1.49. The monoisotopic (exact) mass is 231 g/mol. The highest BCUT2D eigenvalue weighted by Gasteiger charge is 2.39. The standard InChI is InChI=1S/C8H13N3O3S/c1-8(2)6-15(13)4-3-10(8)11-5-7(12)14-9-11/h5H,3-4,6H2,1-2H3. The minimum atomic E-state index is -0.789. The van der Waals surface area contributed by atoms with Gasteiger partial charge in [0.1, 0.15) is 10.8 Å². The molecule has 2 heterocycles. The van der Waals surface area contributed by atoms with Crippen LogP contribution in [-0.2, 0) is 10.8 Å². The fraction of sp³-hybridized carbons (Fsp3) is 0.750. The topological polar surface area (TPSA) is 73.3 Å². The quantitative estimate of drug-likeness (QED) is 0.551. The minimum Gasteiger partial charge on any atom is -0.539 e. The van der Waals surface area contributed by atoms with Gasteiger partial charge in [-0.05, 0) is 13.8 Å². The molecule has 1 aromatic heterocycles. The van der Waals surface area contributed by atoms with E-state index in [1.165, 1.54) is 11.0 Å². The number of aromatic nitrogens is 2. The second-order valence-electron chi connectivity index (χ2n) is 4.17. The van der Waals surface area contributed by atoms with Crippen LogP contribution in [0, 0.1) is 0 Å². The zero-order chi connectivity index (χ0) is 11.1. The van der Waals surface area contributed by atoms with Gasteiger partial charge in [0.15, 0.2) is 5.95 Å². The molecule has 1 aliphatic heterocycles. The van der Waals surface area contributed by atoms with Crippen LogP contribution in [0.25, 0.3) is 0 Å². The van der Waals surface area contributed by atoms with E-state index in [0.717, 1.165) is 0 Å². The Hall–Kier alpha value is -1.11. The number of rotatable bonds is 1. The van der Waals surface area contributed by atoms with Crippen LogP contribution in [0.15, 0.2) is 10.7 Å². The number of hydrogen-bond acceptors (Lipinski definition) is 5. The lowest BCUT2D eigenvalue weighted by molar-refractivity contribution is -0.765. The van der Waals surface area contributed by atoms with E-state index >= 15 is 0 Å². The third-order valence-electron chi connectivity index (χ3n) is 2.43. The molecular formula is C8H13N3O3S. The van der Waals surface area contributed by atoms with Gasteiger partial charge in [-0.1, -0.05) is 0 Å². The van der Waals surface area contributed by atoms with Gasteiger partial charge in [-0.25, -0.2) is 0 Å². The molecule has 0 radical (unpaired) electrons. The van der Waals surface area contributed by atoms with Crippen molar-refractivity contribution in [2.24, 2.45) is 0 Å².